The average Bonchev–Trinajstić information content (AvgIpc) is 2.73. The lowest BCUT2D eigenvalue weighted by atomic mass is 10.1. The van der Waals surface area contributed by atoms with Crippen LogP contribution in [-0.2, 0) is 4.79 Å². The van der Waals surface area contributed by atoms with Gasteiger partial charge in [-0.2, -0.15) is 0 Å². The van der Waals surface area contributed by atoms with Crippen LogP contribution in [0.15, 0.2) is 0 Å². The average molecular weight is 240 g/mol. The van der Waals surface area contributed by atoms with Gasteiger partial charge in [0, 0.05) is 25.9 Å². The molecule has 4 heteroatoms. The van der Waals surface area contributed by atoms with Gasteiger partial charge in [-0.1, -0.05) is 0 Å². The maximum Gasteiger partial charge on any atom is 0.222 e. The van der Waals surface area contributed by atoms with E-state index >= 15 is 0 Å². The molecular weight excluding hydrogens is 216 g/mol. The van der Waals surface area contributed by atoms with E-state index in [0.717, 1.165) is 51.9 Å². The lowest BCUT2D eigenvalue weighted by Gasteiger charge is -2.50. The molecule has 2 aliphatic rings. The molecule has 0 aliphatic carbocycles. The number of hydroxylamine groups is 3. The van der Waals surface area contributed by atoms with E-state index in [2.05, 4.69) is 6.92 Å². The largest absolute Gasteiger partial charge is 0.633 e. The summed E-state index contributed by atoms with van der Waals surface area (Å²) in [6.07, 6.45) is 5.89. The van der Waals surface area contributed by atoms with Gasteiger partial charge >= 0.3 is 0 Å². The number of rotatable bonds is 4. The Hall–Kier alpha value is -0.610. The predicted molar refractivity (Wildman–Crippen MR) is 67.1 cm³/mol. The van der Waals surface area contributed by atoms with E-state index in [1.807, 2.05) is 4.90 Å². The van der Waals surface area contributed by atoms with E-state index in [4.69, 9.17) is 0 Å². The van der Waals surface area contributed by atoms with E-state index in [1.165, 1.54) is 6.42 Å². The summed E-state index contributed by atoms with van der Waals surface area (Å²) < 4.78 is -0.0258. The normalized spacial score (nSPS) is 26.2. The Balaban J connectivity index is 1.79. The Morgan fingerprint density at radius 1 is 1.29 bits per heavy atom. The smallest absolute Gasteiger partial charge is 0.222 e. The molecule has 0 N–H and O–H groups in total. The zero-order valence-corrected chi connectivity index (χ0v) is 10.9. The molecule has 0 aromatic heterocycles. The molecule has 0 spiro atoms. The van der Waals surface area contributed by atoms with Crippen molar-refractivity contribution in [3.05, 3.63) is 5.21 Å². The third-order valence-corrected chi connectivity index (χ3v) is 4.36. The molecule has 98 valence electrons. The van der Waals surface area contributed by atoms with Crippen molar-refractivity contribution in [1.82, 2.24) is 4.90 Å². The van der Waals surface area contributed by atoms with Crippen molar-refractivity contribution < 1.29 is 9.44 Å². The van der Waals surface area contributed by atoms with Gasteiger partial charge in [0.15, 0.2) is 0 Å². The number of piperidine rings is 1. The van der Waals surface area contributed by atoms with E-state index < -0.39 is 0 Å². The molecule has 1 atom stereocenters. The van der Waals surface area contributed by atoms with Gasteiger partial charge in [0.25, 0.3) is 0 Å². The van der Waals surface area contributed by atoms with Gasteiger partial charge in [-0.25, -0.2) is 0 Å². The molecular formula is C13H24N2O2. The lowest BCUT2D eigenvalue weighted by molar-refractivity contribution is -0.908. The summed E-state index contributed by atoms with van der Waals surface area (Å²) in [7, 11) is 0. The molecule has 2 fully saturated rings. The fourth-order valence-corrected chi connectivity index (χ4v) is 3.01. The fraction of sp³-hybridized carbons (Fsp3) is 0.923. The van der Waals surface area contributed by atoms with Crippen molar-refractivity contribution in [3.63, 3.8) is 0 Å². The second-order valence-corrected chi connectivity index (χ2v) is 5.58. The molecule has 0 saturated carbocycles. The van der Waals surface area contributed by atoms with Crippen molar-refractivity contribution in [2.75, 3.05) is 26.2 Å². The molecule has 4 nitrogen and oxygen atoms in total. The lowest BCUT2D eigenvalue weighted by Crippen LogP contribution is -2.53. The number of amides is 1. The summed E-state index contributed by atoms with van der Waals surface area (Å²) >= 11 is 0. The van der Waals surface area contributed by atoms with Gasteiger partial charge in [-0.3, -0.25) is 4.79 Å². The van der Waals surface area contributed by atoms with Crippen LogP contribution in [0.3, 0.4) is 0 Å². The first-order valence-corrected chi connectivity index (χ1v) is 6.97. The van der Waals surface area contributed by atoms with Gasteiger partial charge in [-0.05, 0) is 32.6 Å². The van der Waals surface area contributed by atoms with Crippen molar-refractivity contribution in [1.29, 1.82) is 0 Å². The number of hydrogen-bond donors (Lipinski definition) is 0. The van der Waals surface area contributed by atoms with Crippen LogP contribution >= 0.6 is 0 Å². The molecule has 17 heavy (non-hydrogen) atoms. The number of carbonyl (C=O) groups excluding carboxylic acids is 1. The number of carbonyl (C=O) groups is 1. The number of likely N-dealkylation sites (tertiary alicyclic amines) is 2. The van der Waals surface area contributed by atoms with Crippen molar-refractivity contribution in [2.45, 2.75) is 51.5 Å². The summed E-state index contributed by atoms with van der Waals surface area (Å²) in [4.78, 5) is 13.4. The standard InChI is InChI=1S/C13H24N2O2/c1-12(15(17)10-3-2-4-11-15)7-9-14-8-5-6-13(14)16/h12H,2-11H2,1H3. The molecule has 0 radical (unpaired) electrons. The topological polar surface area (TPSA) is 43.4 Å². The van der Waals surface area contributed by atoms with Crippen LogP contribution in [0.25, 0.3) is 0 Å². The molecule has 1 unspecified atom stereocenters. The Labute approximate surface area is 104 Å². The highest BCUT2D eigenvalue weighted by Crippen LogP contribution is 2.23. The minimum absolute atomic E-state index is 0.0258. The second-order valence-electron chi connectivity index (χ2n) is 5.58. The highest BCUT2D eigenvalue weighted by Gasteiger charge is 2.28. The first-order valence-electron chi connectivity index (χ1n) is 6.97. The number of quaternary nitrogens is 1. The second kappa shape index (κ2) is 5.36. The van der Waals surface area contributed by atoms with Crippen LogP contribution in [0.5, 0.6) is 0 Å². The Morgan fingerprint density at radius 2 is 2.00 bits per heavy atom. The van der Waals surface area contributed by atoms with Gasteiger partial charge in [0.1, 0.15) is 0 Å². The minimum Gasteiger partial charge on any atom is -0.633 e. The van der Waals surface area contributed by atoms with Gasteiger partial charge < -0.3 is 14.8 Å². The zero-order chi connectivity index (χ0) is 12.3. The predicted octanol–water partition coefficient (Wildman–Crippen LogP) is 1.89. The molecule has 2 heterocycles. The fourth-order valence-electron chi connectivity index (χ4n) is 3.01. The van der Waals surface area contributed by atoms with E-state index in [9.17, 15) is 10.0 Å². The molecule has 2 aliphatic heterocycles. The molecule has 0 aromatic carbocycles. The summed E-state index contributed by atoms with van der Waals surface area (Å²) in [6, 6.07) is 0.142. The Kier molecular flexibility index (Phi) is 4.05. The van der Waals surface area contributed by atoms with Crippen LogP contribution in [0.2, 0.25) is 0 Å². The van der Waals surface area contributed by atoms with Crippen molar-refractivity contribution >= 4 is 5.91 Å². The maximum absolute atomic E-state index is 12.5. The van der Waals surface area contributed by atoms with E-state index in [1.54, 1.807) is 0 Å². The highest BCUT2D eigenvalue weighted by atomic mass is 16.5. The summed E-state index contributed by atoms with van der Waals surface area (Å²) in [5.41, 5.74) is 0. The molecule has 0 aromatic rings. The van der Waals surface area contributed by atoms with Crippen LogP contribution in [0.1, 0.15) is 45.4 Å². The first-order chi connectivity index (χ1) is 8.12. The number of nitrogens with zero attached hydrogens (tertiary/aromatic N) is 2. The minimum atomic E-state index is -0.0258. The molecule has 2 rings (SSSR count). The first kappa shape index (κ1) is 12.8. The summed E-state index contributed by atoms with van der Waals surface area (Å²) in [5, 5.41) is 12.5. The van der Waals surface area contributed by atoms with Gasteiger partial charge in [0.05, 0.1) is 19.1 Å². The summed E-state index contributed by atoms with van der Waals surface area (Å²) in [5.74, 6) is 0.272. The monoisotopic (exact) mass is 240 g/mol. The van der Waals surface area contributed by atoms with Crippen molar-refractivity contribution in [3.8, 4) is 0 Å². The molecule has 0 bridgehead atoms. The van der Waals surface area contributed by atoms with Gasteiger partial charge in [-0.15, -0.1) is 0 Å². The quantitative estimate of drug-likeness (QED) is 0.556. The Bertz CT molecular complexity index is 275. The van der Waals surface area contributed by atoms with Crippen LogP contribution in [-0.4, -0.2) is 47.7 Å². The van der Waals surface area contributed by atoms with E-state index in [0.29, 0.717) is 6.42 Å². The molecule has 1 amide bonds. The number of hydrogen-bond acceptors (Lipinski definition) is 2. The van der Waals surface area contributed by atoms with Crippen LogP contribution in [0.4, 0.5) is 0 Å². The Morgan fingerprint density at radius 3 is 2.59 bits per heavy atom. The third kappa shape index (κ3) is 2.99. The van der Waals surface area contributed by atoms with Gasteiger partial charge in [0.2, 0.25) is 5.91 Å². The zero-order valence-electron chi connectivity index (χ0n) is 10.9. The van der Waals surface area contributed by atoms with Crippen molar-refractivity contribution in [2.24, 2.45) is 0 Å². The summed E-state index contributed by atoms with van der Waals surface area (Å²) in [6.45, 7) is 5.27. The van der Waals surface area contributed by atoms with E-state index in [-0.39, 0.29) is 16.6 Å². The van der Waals surface area contributed by atoms with Crippen LogP contribution < -0.4 is 0 Å². The third-order valence-electron chi connectivity index (χ3n) is 4.36. The highest BCUT2D eigenvalue weighted by molar-refractivity contribution is 5.77. The maximum atomic E-state index is 12.5. The SMILES string of the molecule is CC(CCN1CCCC1=O)[N+]1([O-])CCCCC1. The van der Waals surface area contributed by atoms with Crippen LogP contribution in [0, 0.1) is 5.21 Å². The molecule has 2 saturated heterocycles.